The van der Waals surface area contributed by atoms with Crippen LogP contribution in [0.15, 0.2) is 10.8 Å². The Morgan fingerprint density at radius 2 is 2.00 bits per heavy atom. The Hall–Kier alpha value is -1.10. The molecule has 0 spiro atoms. The minimum Gasteiger partial charge on any atom is -0.466 e. The quantitative estimate of drug-likeness (QED) is 0.406. The van der Waals surface area contributed by atoms with Crippen molar-refractivity contribution in [3.8, 4) is 0 Å². The second-order valence-corrected chi connectivity index (χ2v) is 9.48. The van der Waals surface area contributed by atoms with E-state index < -0.39 is 8.07 Å². The molecule has 0 aliphatic carbocycles. The van der Waals surface area contributed by atoms with Crippen molar-refractivity contribution in [3.63, 3.8) is 0 Å². The summed E-state index contributed by atoms with van der Waals surface area (Å²) in [5.41, 5.74) is 0.515. The van der Waals surface area contributed by atoms with Gasteiger partial charge in [-0.2, -0.15) is 0 Å². The lowest BCUT2D eigenvalue weighted by molar-refractivity contribution is -0.138. The van der Waals surface area contributed by atoms with Crippen molar-refractivity contribution in [1.29, 1.82) is 0 Å². The van der Waals surface area contributed by atoms with Gasteiger partial charge in [0.25, 0.3) is 0 Å². The van der Waals surface area contributed by atoms with Gasteiger partial charge in [-0.05, 0) is 0 Å². The Morgan fingerprint density at radius 1 is 1.40 bits per heavy atom. The number of hydrogen-bond donors (Lipinski definition) is 0. The van der Waals surface area contributed by atoms with E-state index in [0.29, 0.717) is 23.8 Å². The van der Waals surface area contributed by atoms with E-state index >= 15 is 0 Å². The summed E-state index contributed by atoms with van der Waals surface area (Å²) in [7, 11) is -0.537. The van der Waals surface area contributed by atoms with Gasteiger partial charge in [0, 0.05) is 17.2 Å². The Balaban J connectivity index is 3.21. The normalized spacial score (nSPS) is 19.9. The molecule has 0 N–H and O–H groups in total. The maximum absolute atomic E-state index is 11.6. The molecule has 84 valence electrons. The molecule has 0 bridgehead atoms. The molecule has 0 aromatic heterocycles. The van der Waals surface area contributed by atoms with E-state index in [4.69, 9.17) is 9.47 Å². The van der Waals surface area contributed by atoms with Crippen molar-refractivity contribution in [2.24, 2.45) is 0 Å². The van der Waals surface area contributed by atoms with Crippen LogP contribution in [-0.4, -0.2) is 33.7 Å². The van der Waals surface area contributed by atoms with E-state index in [1.807, 2.05) is 19.6 Å². The van der Waals surface area contributed by atoms with Crippen LogP contribution in [0, 0.1) is 0 Å². The molecular weight excluding hydrogens is 212 g/mol. The van der Waals surface area contributed by atoms with E-state index in [9.17, 15) is 9.59 Å². The minimum absolute atomic E-state index is 0.363. The van der Waals surface area contributed by atoms with Gasteiger partial charge in [-0.25, -0.2) is 9.59 Å². The number of ether oxygens (including phenoxy) is 2. The van der Waals surface area contributed by atoms with Gasteiger partial charge in [0.2, 0.25) is 0 Å². The van der Waals surface area contributed by atoms with Crippen LogP contribution in [-0.2, 0) is 19.1 Å². The molecule has 5 heteroatoms. The van der Waals surface area contributed by atoms with Crippen LogP contribution < -0.4 is 0 Å². The highest BCUT2D eigenvalue weighted by Crippen LogP contribution is 2.26. The number of esters is 2. The fourth-order valence-electron chi connectivity index (χ4n) is 1.65. The monoisotopic (exact) mass is 228 g/mol. The molecule has 1 aliphatic rings. The molecule has 1 aliphatic heterocycles. The molecule has 0 amide bonds. The van der Waals surface area contributed by atoms with E-state index in [2.05, 4.69) is 0 Å². The molecule has 1 fully saturated rings. The maximum Gasteiger partial charge on any atom is 0.334 e. The van der Waals surface area contributed by atoms with Gasteiger partial charge in [-0.3, -0.25) is 0 Å². The number of methoxy groups -OCH3 is 1. The average Bonchev–Trinajstić information content (AvgIpc) is 2.50. The van der Waals surface area contributed by atoms with E-state index in [0.717, 1.165) is 0 Å². The topological polar surface area (TPSA) is 52.6 Å². The fourth-order valence-corrected chi connectivity index (χ4v) is 3.49. The van der Waals surface area contributed by atoms with Gasteiger partial charge >= 0.3 is 11.9 Å². The first-order valence-corrected chi connectivity index (χ1v) is 8.37. The summed E-state index contributed by atoms with van der Waals surface area (Å²) in [5.74, 6) is -0.749. The number of carbonyl (C=O) groups excluding carboxylic acids is 2. The zero-order valence-corrected chi connectivity index (χ0v) is 10.5. The average molecular weight is 228 g/mol. The van der Waals surface area contributed by atoms with Crippen molar-refractivity contribution in [1.82, 2.24) is 0 Å². The Kier molecular flexibility index (Phi) is 3.34. The summed E-state index contributed by atoms with van der Waals surface area (Å²) in [6, 6.07) is 0. The van der Waals surface area contributed by atoms with Crippen LogP contribution in [0.5, 0.6) is 0 Å². The number of cyclic esters (lactones) is 1. The fraction of sp³-hybridized carbons (Fsp3) is 0.600. The van der Waals surface area contributed by atoms with Gasteiger partial charge in [-0.1, -0.05) is 19.6 Å². The van der Waals surface area contributed by atoms with Crippen LogP contribution in [0.25, 0.3) is 0 Å². The maximum atomic E-state index is 11.6. The van der Waals surface area contributed by atoms with E-state index in [-0.39, 0.29) is 11.9 Å². The Bertz CT molecular complexity index is 325. The van der Waals surface area contributed by atoms with Crippen LogP contribution in [0.1, 0.15) is 6.42 Å². The standard InChI is InChI=1S/C10H16O4Si/c1-13-10(12)8(15(2,3)4)7-5-6-14-9(7)11/h5-6H2,1-4H3/b8-7+. The summed E-state index contributed by atoms with van der Waals surface area (Å²) in [6.07, 6.45) is 0.521. The van der Waals surface area contributed by atoms with E-state index in [1.54, 1.807) is 0 Å². The molecule has 1 rings (SSSR count). The molecule has 0 radical (unpaired) electrons. The largest absolute Gasteiger partial charge is 0.466 e. The third-order valence-corrected chi connectivity index (χ3v) is 4.28. The van der Waals surface area contributed by atoms with Crippen molar-refractivity contribution < 1.29 is 19.1 Å². The summed E-state index contributed by atoms with van der Waals surface area (Å²) < 4.78 is 9.58. The third kappa shape index (κ3) is 2.47. The first-order chi connectivity index (χ1) is 6.88. The molecule has 0 atom stereocenters. The molecule has 15 heavy (non-hydrogen) atoms. The minimum atomic E-state index is -1.87. The van der Waals surface area contributed by atoms with Crippen molar-refractivity contribution in [2.75, 3.05) is 13.7 Å². The van der Waals surface area contributed by atoms with Crippen molar-refractivity contribution >= 4 is 20.0 Å². The summed E-state index contributed by atoms with van der Waals surface area (Å²) >= 11 is 0. The van der Waals surface area contributed by atoms with Gasteiger partial charge in [0.1, 0.15) is 0 Å². The summed E-state index contributed by atoms with van der Waals surface area (Å²) in [6.45, 7) is 6.41. The highest BCUT2D eigenvalue weighted by Gasteiger charge is 2.35. The first-order valence-electron chi connectivity index (χ1n) is 4.87. The lowest BCUT2D eigenvalue weighted by atomic mass is 10.2. The van der Waals surface area contributed by atoms with Crippen LogP contribution in [0.3, 0.4) is 0 Å². The van der Waals surface area contributed by atoms with Crippen molar-refractivity contribution in [2.45, 2.75) is 26.1 Å². The second-order valence-electron chi connectivity index (χ2n) is 4.48. The predicted molar refractivity (Wildman–Crippen MR) is 58.0 cm³/mol. The van der Waals surface area contributed by atoms with Gasteiger partial charge in [-0.15, -0.1) is 0 Å². The highest BCUT2D eigenvalue weighted by molar-refractivity contribution is 6.87. The molecule has 0 aromatic rings. The van der Waals surface area contributed by atoms with Gasteiger partial charge in [0.05, 0.1) is 21.8 Å². The molecule has 0 unspecified atom stereocenters. The molecule has 1 saturated heterocycles. The molecular formula is C10H16O4Si. The molecule has 4 nitrogen and oxygen atoms in total. The first kappa shape index (κ1) is 12.0. The SMILES string of the molecule is COC(=O)/C(=C1/CCOC1=O)[Si](C)(C)C. The molecule has 0 aromatic carbocycles. The van der Waals surface area contributed by atoms with Gasteiger partial charge < -0.3 is 9.47 Å². The van der Waals surface area contributed by atoms with Crippen LogP contribution >= 0.6 is 0 Å². The number of hydrogen-bond acceptors (Lipinski definition) is 4. The van der Waals surface area contributed by atoms with Crippen molar-refractivity contribution in [3.05, 3.63) is 10.8 Å². The number of rotatable bonds is 2. The predicted octanol–water partition coefficient (Wildman–Crippen LogP) is 1.28. The second kappa shape index (κ2) is 4.18. The zero-order chi connectivity index (χ0) is 11.6. The smallest absolute Gasteiger partial charge is 0.334 e. The lowest BCUT2D eigenvalue weighted by Gasteiger charge is -2.19. The molecule has 1 heterocycles. The van der Waals surface area contributed by atoms with Crippen LogP contribution in [0.2, 0.25) is 19.6 Å². The molecule has 0 saturated carbocycles. The van der Waals surface area contributed by atoms with E-state index in [1.165, 1.54) is 7.11 Å². The Labute approximate surface area is 90.3 Å². The third-order valence-electron chi connectivity index (χ3n) is 2.27. The summed E-state index contributed by atoms with van der Waals surface area (Å²) in [5, 5.41) is 0.563. The highest BCUT2D eigenvalue weighted by atomic mass is 28.3. The van der Waals surface area contributed by atoms with Crippen LogP contribution in [0.4, 0.5) is 0 Å². The summed E-state index contributed by atoms with van der Waals surface area (Å²) in [4.78, 5) is 23.1. The number of carbonyl (C=O) groups is 2. The zero-order valence-electron chi connectivity index (χ0n) is 9.55. The Morgan fingerprint density at radius 3 is 2.33 bits per heavy atom. The lowest BCUT2D eigenvalue weighted by Crippen LogP contribution is -2.32. The van der Waals surface area contributed by atoms with Gasteiger partial charge in [0.15, 0.2) is 0 Å².